The summed E-state index contributed by atoms with van der Waals surface area (Å²) in [5.41, 5.74) is 3.08. The third-order valence-corrected chi connectivity index (χ3v) is 6.02. The SMILES string of the molecule is CCOC(=O)c1ccc2nc(Nc3nc4ccccc4nc3N3CCCC3)sc2c1. The van der Waals surface area contributed by atoms with Gasteiger partial charge in [-0.2, -0.15) is 0 Å². The number of anilines is 3. The largest absolute Gasteiger partial charge is 0.462 e. The molecule has 0 atom stereocenters. The molecule has 8 heteroatoms. The van der Waals surface area contributed by atoms with E-state index in [1.165, 1.54) is 11.3 Å². The molecule has 2 aromatic heterocycles. The molecule has 4 aromatic rings. The topological polar surface area (TPSA) is 80.2 Å². The Hall–Kier alpha value is -3.26. The molecule has 7 nitrogen and oxygen atoms in total. The average Bonchev–Trinajstić information content (AvgIpc) is 3.42. The van der Waals surface area contributed by atoms with E-state index < -0.39 is 0 Å². The number of fused-ring (bicyclic) bond motifs is 2. The lowest BCUT2D eigenvalue weighted by Crippen LogP contribution is -2.21. The van der Waals surface area contributed by atoms with Crippen molar-refractivity contribution in [1.29, 1.82) is 0 Å². The van der Waals surface area contributed by atoms with E-state index in [2.05, 4.69) is 15.2 Å². The van der Waals surface area contributed by atoms with E-state index in [9.17, 15) is 4.79 Å². The van der Waals surface area contributed by atoms with Crippen molar-refractivity contribution in [3.63, 3.8) is 0 Å². The van der Waals surface area contributed by atoms with Gasteiger partial charge < -0.3 is 15.0 Å². The monoisotopic (exact) mass is 419 g/mol. The zero-order valence-corrected chi connectivity index (χ0v) is 17.4. The fourth-order valence-electron chi connectivity index (χ4n) is 3.64. The Labute approximate surface area is 177 Å². The summed E-state index contributed by atoms with van der Waals surface area (Å²) < 4.78 is 6.01. The van der Waals surface area contributed by atoms with Crippen LogP contribution >= 0.6 is 11.3 Å². The molecule has 3 heterocycles. The summed E-state index contributed by atoms with van der Waals surface area (Å²) in [5.74, 6) is 1.25. The summed E-state index contributed by atoms with van der Waals surface area (Å²) in [4.78, 5) is 28.7. The maximum Gasteiger partial charge on any atom is 0.338 e. The van der Waals surface area contributed by atoms with Crippen molar-refractivity contribution >= 4 is 55.3 Å². The van der Waals surface area contributed by atoms with Crippen molar-refractivity contribution in [3.8, 4) is 0 Å². The molecule has 0 aliphatic carbocycles. The van der Waals surface area contributed by atoms with Crippen LogP contribution in [0.1, 0.15) is 30.1 Å². The lowest BCUT2D eigenvalue weighted by Gasteiger charge is -2.19. The number of thiazole rings is 1. The fraction of sp³-hybridized carbons (Fsp3) is 0.273. The molecular weight excluding hydrogens is 398 g/mol. The number of esters is 1. The second-order valence-corrected chi connectivity index (χ2v) is 8.16. The highest BCUT2D eigenvalue weighted by Gasteiger charge is 2.20. The van der Waals surface area contributed by atoms with Gasteiger partial charge in [0.15, 0.2) is 16.8 Å². The zero-order chi connectivity index (χ0) is 20.5. The van der Waals surface area contributed by atoms with Crippen LogP contribution in [0.3, 0.4) is 0 Å². The average molecular weight is 420 g/mol. The fourth-order valence-corrected chi connectivity index (χ4v) is 4.55. The predicted molar refractivity (Wildman–Crippen MR) is 120 cm³/mol. The van der Waals surface area contributed by atoms with Crippen molar-refractivity contribution in [2.24, 2.45) is 0 Å². The maximum atomic E-state index is 12.0. The third kappa shape index (κ3) is 3.54. The quantitative estimate of drug-likeness (QED) is 0.467. The van der Waals surface area contributed by atoms with Crippen molar-refractivity contribution in [1.82, 2.24) is 15.0 Å². The first-order chi connectivity index (χ1) is 14.7. The van der Waals surface area contributed by atoms with Gasteiger partial charge in [-0.15, -0.1) is 0 Å². The number of carbonyl (C=O) groups excluding carboxylic acids is 1. The summed E-state index contributed by atoms with van der Waals surface area (Å²) in [6, 6.07) is 13.3. The van der Waals surface area contributed by atoms with Crippen LogP contribution in [0.2, 0.25) is 0 Å². The molecular formula is C22H21N5O2S. The molecule has 0 amide bonds. The Morgan fingerprint density at radius 1 is 1.07 bits per heavy atom. The number of hydrogen-bond acceptors (Lipinski definition) is 8. The van der Waals surface area contributed by atoms with Crippen LogP contribution in [0.25, 0.3) is 21.3 Å². The minimum Gasteiger partial charge on any atom is -0.462 e. The minimum absolute atomic E-state index is 0.320. The number of para-hydroxylation sites is 2. The number of benzene rings is 2. The van der Waals surface area contributed by atoms with Crippen LogP contribution in [0.5, 0.6) is 0 Å². The Morgan fingerprint density at radius 2 is 1.83 bits per heavy atom. The van der Waals surface area contributed by atoms with Gasteiger partial charge in [0.25, 0.3) is 0 Å². The summed E-state index contributed by atoms with van der Waals surface area (Å²) in [7, 11) is 0. The molecule has 0 radical (unpaired) electrons. The molecule has 1 aliphatic rings. The van der Waals surface area contributed by atoms with Gasteiger partial charge in [0.05, 0.1) is 33.4 Å². The molecule has 1 fully saturated rings. The van der Waals surface area contributed by atoms with Crippen molar-refractivity contribution in [3.05, 3.63) is 48.0 Å². The molecule has 1 aliphatic heterocycles. The first-order valence-corrected chi connectivity index (χ1v) is 10.9. The summed E-state index contributed by atoms with van der Waals surface area (Å²) >= 11 is 1.48. The number of rotatable bonds is 5. The van der Waals surface area contributed by atoms with Crippen molar-refractivity contribution in [2.45, 2.75) is 19.8 Å². The molecule has 0 unspecified atom stereocenters. The van der Waals surface area contributed by atoms with E-state index in [4.69, 9.17) is 14.7 Å². The highest BCUT2D eigenvalue weighted by atomic mass is 32.1. The van der Waals surface area contributed by atoms with Gasteiger partial charge in [0, 0.05) is 13.1 Å². The van der Waals surface area contributed by atoms with Crippen molar-refractivity contribution < 1.29 is 9.53 Å². The summed E-state index contributed by atoms with van der Waals surface area (Å²) in [6.07, 6.45) is 2.32. The molecule has 1 N–H and O–H groups in total. The summed E-state index contributed by atoms with van der Waals surface area (Å²) in [6.45, 7) is 4.11. The first-order valence-electron chi connectivity index (χ1n) is 10.1. The Balaban J connectivity index is 1.52. The van der Waals surface area contributed by atoms with E-state index in [1.807, 2.05) is 36.4 Å². The van der Waals surface area contributed by atoms with Crippen LogP contribution in [0, 0.1) is 0 Å². The van der Waals surface area contributed by atoms with Crippen molar-refractivity contribution in [2.75, 3.05) is 29.9 Å². The van der Waals surface area contributed by atoms with Gasteiger partial charge in [0.1, 0.15) is 0 Å². The van der Waals surface area contributed by atoms with Crippen LogP contribution in [0.4, 0.5) is 16.8 Å². The highest BCUT2D eigenvalue weighted by molar-refractivity contribution is 7.22. The molecule has 152 valence electrons. The zero-order valence-electron chi connectivity index (χ0n) is 16.6. The van der Waals surface area contributed by atoms with E-state index in [1.54, 1.807) is 13.0 Å². The maximum absolute atomic E-state index is 12.0. The molecule has 1 saturated heterocycles. The van der Waals surface area contributed by atoms with Gasteiger partial charge in [-0.1, -0.05) is 23.5 Å². The molecule has 2 aromatic carbocycles. The van der Waals surface area contributed by atoms with E-state index >= 15 is 0 Å². The van der Waals surface area contributed by atoms with E-state index in [0.717, 1.165) is 58.1 Å². The molecule has 0 spiro atoms. The van der Waals surface area contributed by atoms with Gasteiger partial charge in [-0.05, 0) is 50.1 Å². The molecule has 0 bridgehead atoms. The lowest BCUT2D eigenvalue weighted by atomic mass is 10.2. The molecule has 30 heavy (non-hydrogen) atoms. The third-order valence-electron chi connectivity index (χ3n) is 5.08. The van der Waals surface area contributed by atoms with Crippen LogP contribution < -0.4 is 10.2 Å². The Kier molecular flexibility index (Phi) is 4.92. The second kappa shape index (κ2) is 7.87. The Morgan fingerprint density at radius 3 is 2.60 bits per heavy atom. The first kappa shape index (κ1) is 18.7. The number of nitrogens with zero attached hydrogens (tertiary/aromatic N) is 4. The number of nitrogens with one attached hydrogen (secondary N) is 1. The predicted octanol–water partition coefficient (Wildman–Crippen LogP) is 4.76. The highest BCUT2D eigenvalue weighted by Crippen LogP contribution is 2.33. The van der Waals surface area contributed by atoms with Gasteiger partial charge in [0.2, 0.25) is 0 Å². The second-order valence-electron chi connectivity index (χ2n) is 7.13. The van der Waals surface area contributed by atoms with Crippen LogP contribution in [-0.2, 0) is 4.74 Å². The number of aromatic nitrogens is 3. The van der Waals surface area contributed by atoms with Gasteiger partial charge in [-0.3, -0.25) is 0 Å². The van der Waals surface area contributed by atoms with Gasteiger partial charge >= 0.3 is 5.97 Å². The minimum atomic E-state index is -0.320. The van der Waals surface area contributed by atoms with Crippen LogP contribution in [0.15, 0.2) is 42.5 Å². The Bertz CT molecular complexity index is 1230. The summed E-state index contributed by atoms with van der Waals surface area (Å²) in [5, 5.41) is 4.10. The van der Waals surface area contributed by atoms with E-state index in [-0.39, 0.29) is 5.97 Å². The number of carbonyl (C=O) groups is 1. The number of ether oxygens (including phenoxy) is 1. The lowest BCUT2D eigenvalue weighted by molar-refractivity contribution is 0.0526. The molecule has 5 rings (SSSR count). The number of hydrogen-bond donors (Lipinski definition) is 1. The van der Waals surface area contributed by atoms with Gasteiger partial charge in [-0.25, -0.2) is 19.7 Å². The standard InChI is InChI=1S/C22H21N5O2S/c1-2-29-21(28)14-9-10-17-18(13-14)30-22(25-17)26-19-20(27-11-5-6-12-27)24-16-8-4-3-7-15(16)23-19/h3-4,7-10,13H,2,5-6,11-12H2,1H3,(H,23,25,26). The van der Waals surface area contributed by atoms with Crippen LogP contribution in [-0.4, -0.2) is 40.6 Å². The molecule has 0 saturated carbocycles. The normalized spacial score (nSPS) is 13.8. The van der Waals surface area contributed by atoms with E-state index in [0.29, 0.717) is 18.0 Å². The smallest absolute Gasteiger partial charge is 0.338 e.